The zero-order chi connectivity index (χ0) is 21.2. The van der Waals surface area contributed by atoms with Gasteiger partial charge in [-0.05, 0) is 61.7 Å². The van der Waals surface area contributed by atoms with Gasteiger partial charge in [-0.1, -0.05) is 0 Å². The van der Waals surface area contributed by atoms with Crippen LogP contribution in [-0.2, 0) is 4.74 Å². The number of ether oxygens (including phenoxy) is 1. The summed E-state index contributed by atoms with van der Waals surface area (Å²) in [4.78, 5) is 18.8. The average molecular weight is 431 g/mol. The van der Waals surface area contributed by atoms with Crippen molar-refractivity contribution in [2.45, 2.75) is 63.1 Å². The molecule has 0 radical (unpaired) electrons. The zero-order valence-corrected chi connectivity index (χ0v) is 17.3. The first-order valence-electron chi connectivity index (χ1n) is 11.2. The van der Waals surface area contributed by atoms with E-state index in [2.05, 4.69) is 20.3 Å². The van der Waals surface area contributed by atoms with Crippen LogP contribution in [0.5, 0.6) is 0 Å². The molecule has 4 bridgehead atoms. The predicted molar refractivity (Wildman–Crippen MR) is 109 cm³/mol. The lowest BCUT2D eigenvalue weighted by atomic mass is 9.49. The lowest BCUT2D eigenvalue weighted by Gasteiger charge is -2.57. The highest BCUT2D eigenvalue weighted by Crippen LogP contribution is 2.59. The van der Waals surface area contributed by atoms with Crippen molar-refractivity contribution in [3.8, 4) is 0 Å². The van der Waals surface area contributed by atoms with Gasteiger partial charge in [0.15, 0.2) is 11.3 Å². The molecule has 1 aliphatic heterocycles. The van der Waals surface area contributed by atoms with Crippen molar-refractivity contribution >= 4 is 17.0 Å². The van der Waals surface area contributed by atoms with E-state index in [1.165, 1.54) is 55.9 Å². The molecule has 4 N–H and O–H groups in total. The van der Waals surface area contributed by atoms with Gasteiger partial charge in [0.1, 0.15) is 31.0 Å². The number of rotatable bonds is 6. The van der Waals surface area contributed by atoms with Gasteiger partial charge in [-0.25, -0.2) is 15.0 Å². The Hall–Kier alpha value is -2.01. The lowest BCUT2D eigenvalue weighted by Crippen LogP contribution is -2.49. The molecule has 31 heavy (non-hydrogen) atoms. The Labute approximate surface area is 179 Å². The van der Waals surface area contributed by atoms with Crippen LogP contribution in [0.25, 0.3) is 11.2 Å². The van der Waals surface area contributed by atoms with Crippen LogP contribution >= 0.6 is 0 Å². The zero-order valence-electron chi connectivity index (χ0n) is 17.3. The average Bonchev–Trinajstić information content (AvgIpc) is 3.28. The van der Waals surface area contributed by atoms with E-state index < -0.39 is 31.2 Å². The molecule has 2 aromatic heterocycles. The van der Waals surface area contributed by atoms with Gasteiger partial charge >= 0.3 is 0 Å². The predicted octanol–water partition coefficient (Wildman–Crippen LogP) is 0.322. The van der Waals surface area contributed by atoms with Crippen LogP contribution in [0.15, 0.2) is 12.7 Å². The Morgan fingerprint density at radius 1 is 1.06 bits per heavy atom. The maximum atomic E-state index is 10.1. The highest BCUT2D eigenvalue weighted by atomic mass is 16.8. The molecule has 168 valence electrons. The quantitative estimate of drug-likeness (QED) is 0.510. The highest BCUT2D eigenvalue weighted by Gasteiger charge is 2.50. The Balaban J connectivity index is 1.19. The number of imidazole rings is 1. The molecule has 0 unspecified atom stereocenters. The molecule has 0 amide bonds. The number of aliphatic hydroxyl groups is 3. The molecule has 4 atom stereocenters. The number of hydrogen-bond acceptors (Lipinski definition) is 9. The largest absolute Gasteiger partial charge is 0.394 e. The number of aromatic nitrogens is 4. The summed E-state index contributed by atoms with van der Waals surface area (Å²) in [7, 11) is 0. The maximum absolute atomic E-state index is 10.1. The summed E-state index contributed by atoms with van der Waals surface area (Å²) < 4.78 is 6.71. The summed E-state index contributed by atoms with van der Waals surface area (Å²) in [5.74, 6) is 3.34. The fourth-order valence-corrected chi connectivity index (χ4v) is 6.86. The first-order chi connectivity index (χ1) is 15.0. The third kappa shape index (κ3) is 3.27. The third-order valence-electron chi connectivity index (χ3n) is 7.82. The number of nitrogens with one attached hydrogen (secondary N) is 1. The second-order valence-electron chi connectivity index (χ2n) is 10.0. The third-order valence-corrected chi connectivity index (χ3v) is 7.82. The van der Waals surface area contributed by atoms with Crippen molar-refractivity contribution < 1.29 is 24.9 Å². The maximum Gasteiger partial charge on any atom is 0.254 e. The number of hydrogen-bond donors (Lipinski definition) is 4. The van der Waals surface area contributed by atoms with E-state index in [4.69, 9.17) is 9.57 Å². The summed E-state index contributed by atoms with van der Waals surface area (Å²) in [5, 5.41) is 32.9. The van der Waals surface area contributed by atoms with Crippen molar-refractivity contribution in [1.29, 1.82) is 0 Å². The highest BCUT2D eigenvalue weighted by molar-refractivity contribution is 5.82. The summed E-state index contributed by atoms with van der Waals surface area (Å²) in [6.07, 6.45) is 6.54. The van der Waals surface area contributed by atoms with E-state index in [1.54, 1.807) is 0 Å². The SMILES string of the molecule is OC[C@H]1O[C@@H](On2cnc3c(NCC45CC6CC(CC(C6)C4)C5)ncnc32)[C@H](O)[C@@H]1O. The minimum atomic E-state index is -1.29. The molecule has 5 aliphatic rings. The molecule has 3 heterocycles. The fraction of sp³-hybridized carbons (Fsp3) is 0.762. The molecule has 0 aromatic carbocycles. The van der Waals surface area contributed by atoms with Crippen LogP contribution in [0.3, 0.4) is 0 Å². The molecule has 0 spiro atoms. The van der Waals surface area contributed by atoms with Crippen molar-refractivity contribution in [3.63, 3.8) is 0 Å². The Bertz CT molecular complexity index is 931. The first kappa shape index (κ1) is 19.7. The summed E-state index contributed by atoms with van der Waals surface area (Å²) >= 11 is 0. The molecular weight excluding hydrogens is 402 g/mol. The van der Waals surface area contributed by atoms with E-state index in [0.29, 0.717) is 22.4 Å². The van der Waals surface area contributed by atoms with Crippen molar-refractivity contribution in [1.82, 2.24) is 19.7 Å². The number of aliphatic hydroxyl groups excluding tert-OH is 3. The second kappa shape index (κ2) is 7.26. The smallest absolute Gasteiger partial charge is 0.254 e. The molecule has 10 nitrogen and oxygen atoms in total. The Kier molecular flexibility index (Phi) is 4.60. The fourth-order valence-electron chi connectivity index (χ4n) is 6.86. The van der Waals surface area contributed by atoms with E-state index in [-0.39, 0.29) is 0 Å². The van der Waals surface area contributed by atoms with Gasteiger partial charge in [0.05, 0.1) is 6.61 Å². The van der Waals surface area contributed by atoms with Crippen LogP contribution < -0.4 is 10.2 Å². The second-order valence-corrected chi connectivity index (χ2v) is 10.0. The normalized spacial score (nSPS) is 41.2. The van der Waals surface area contributed by atoms with Gasteiger partial charge in [-0.2, -0.15) is 0 Å². The molecule has 1 saturated heterocycles. The van der Waals surface area contributed by atoms with E-state index in [1.807, 2.05) is 0 Å². The van der Waals surface area contributed by atoms with E-state index in [0.717, 1.165) is 24.3 Å². The summed E-state index contributed by atoms with van der Waals surface area (Å²) in [6.45, 7) is 0.481. The standard InChI is InChI=1S/C21H29N5O5/c27-7-14-16(28)17(29)20(30-14)31-26-10-25-15-18(23-9-24-19(15)26)22-8-21-4-11-1-12(5-21)3-13(2-11)6-21/h9-14,16-17,20,27-29H,1-8H2,(H,22,23,24)/t11?,12?,13?,14-,16-,17-,20+,21?/m1/s1. The van der Waals surface area contributed by atoms with Gasteiger partial charge in [0, 0.05) is 6.54 Å². The number of anilines is 1. The molecule has 4 saturated carbocycles. The topological polar surface area (TPSA) is 135 Å². The first-order valence-corrected chi connectivity index (χ1v) is 11.2. The van der Waals surface area contributed by atoms with Crippen LogP contribution in [0.4, 0.5) is 5.82 Å². The Morgan fingerprint density at radius 3 is 2.42 bits per heavy atom. The van der Waals surface area contributed by atoms with Crippen LogP contribution in [0.2, 0.25) is 0 Å². The van der Waals surface area contributed by atoms with Gasteiger partial charge in [-0.15, -0.1) is 4.73 Å². The van der Waals surface area contributed by atoms with Gasteiger partial charge < -0.3 is 30.2 Å². The molecule has 4 aliphatic carbocycles. The number of nitrogens with zero attached hydrogens (tertiary/aromatic N) is 4. The molecule has 5 fully saturated rings. The number of fused-ring (bicyclic) bond motifs is 1. The van der Waals surface area contributed by atoms with Crippen molar-refractivity contribution in [3.05, 3.63) is 12.7 Å². The minimum Gasteiger partial charge on any atom is -0.394 e. The van der Waals surface area contributed by atoms with Gasteiger partial charge in [0.25, 0.3) is 6.29 Å². The molecular formula is C21H29N5O5. The van der Waals surface area contributed by atoms with Crippen LogP contribution in [-0.4, -0.2) is 72.8 Å². The van der Waals surface area contributed by atoms with E-state index >= 15 is 0 Å². The van der Waals surface area contributed by atoms with Crippen LogP contribution in [0, 0.1) is 23.2 Å². The monoisotopic (exact) mass is 431 g/mol. The lowest BCUT2D eigenvalue weighted by molar-refractivity contribution is -0.169. The van der Waals surface area contributed by atoms with Gasteiger partial charge in [-0.3, -0.25) is 0 Å². The van der Waals surface area contributed by atoms with Gasteiger partial charge in [0.2, 0.25) is 5.65 Å². The van der Waals surface area contributed by atoms with E-state index in [9.17, 15) is 15.3 Å². The summed E-state index contributed by atoms with van der Waals surface area (Å²) in [6, 6.07) is 0. The molecule has 7 rings (SSSR count). The summed E-state index contributed by atoms with van der Waals surface area (Å²) in [5.41, 5.74) is 1.39. The van der Waals surface area contributed by atoms with Crippen molar-refractivity contribution in [2.24, 2.45) is 23.2 Å². The van der Waals surface area contributed by atoms with Crippen molar-refractivity contribution in [2.75, 3.05) is 18.5 Å². The molecule has 2 aromatic rings. The minimum absolute atomic E-state index is 0.363. The Morgan fingerprint density at radius 2 is 1.77 bits per heavy atom. The molecule has 10 heteroatoms. The van der Waals surface area contributed by atoms with Crippen LogP contribution in [0.1, 0.15) is 38.5 Å².